The molecule has 158 valence electrons. The molecule has 4 rings (SSSR count). The second-order valence-electron chi connectivity index (χ2n) is 7.44. The summed E-state index contributed by atoms with van der Waals surface area (Å²) in [6.07, 6.45) is -1.19. The van der Waals surface area contributed by atoms with Gasteiger partial charge >= 0.3 is 5.97 Å². The molecule has 0 spiro atoms. The number of esters is 1. The van der Waals surface area contributed by atoms with Crippen LogP contribution < -0.4 is 0 Å². The smallest absolute Gasteiger partial charge is 0.311 e. The van der Waals surface area contributed by atoms with Crippen LogP contribution in [0, 0.1) is 12.8 Å². The summed E-state index contributed by atoms with van der Waals surface area (Å²) in [6, 6.07) is 15.4. The van der Waals surface area contributed by atoms with Crippen LogP contribution in [0.25, 0.3) is 10.9 Å². The van der Waals surface area contributed by atoms with Gasteiger partial charge in [0, 0.05) is 5.39 Å². The Hall–Kier alpha value is -2.68. The summed E-state index contributed by atoms with van der Waals surface area (Å²) >= 11 is 0. The molecule has 0 amide bonds. The van der Waals surface area contributed by atoms with E-state index in [0.717, 1.165) is 5.56 Å². The van der Waals surface area contributed by atoms with Gasteiger partial charge in [-0.2, -0.15) is 0 Å². The molecule has 0 radical (unpaired) electrons. The van der Waals surface area contributed by atoms with Crippen LogP contribution in [-0.2, 0) is 24.3 Å². The number of fused-ring (bicyclic) bond motifs is 1. The minimum Gasteiger partial charge on any atom is -0.469 e. The summed E-state index contributed by atoms with van der Waals surface area (Å²) < 4.78 is 39.4. The molecule has 0 aliphatic carbocycles. The zero-order valence-corrected chi connectivity index (χ0v) is 17.5. The van der Waals surface area contributed by atoms with Gasteiger partial charge in [0.25, 0.3) is 10.0 Å². The van der Waals surface area contributed by atoms with Crippen molar-refractivity contribution >= 4 is 26.9 Å². The Labute approximate surface area is 174 Å². The van der Waals surface area contributed by atoms with Crippen molar-refractivity contribution in [2.45, 2.75) is 30.4 Å². The van der Waals surface area contributed by atoms with Crippen LogP contribution in [0.2, 0.25) is 0 Å². The molecule has 3 atom stereocenters. The number of hydrogen-bond donors (Lipinski definition) is 1. The van der Waals surface area contributed by atoms with Crippen molar-refractivity contribution in [1.29, 1.82) is 0 Å². The molecule has 30 heavy (non-hydrogen) atoms. The highest BCUT2D eigenvalue weighted by atomic mass is 32.2. The van der Waals surface area contributed by atoms with Crippen LogP contribution in [0.4, 0.5) is 0 Å². The third kappa shape index (κ3) is 3.40. The fourth-order valence-electron chi connectivity index (χ4n) is 3.96. The van der Waals surface area contributed by atoms with E-state index < -0.39 is 34.1 Å². The number of para-hydroxylation sites is 1. The first-order valence-electron chi connectivity index (χ1n) is 9.63. The summed E-state index contributed by atoms with van der Waals surface area (Å²) in [7, 11) is -2.68. The van der Waals surface area contributed by atoms with Gasteiger partial charge in [-0.1, -0.05) is 35.9 Å². The van der Waals surface area contributed by atoms with Crippen LogP contribution in [0.15, 0.2) is 59.5 Å². The molecule has 2 heterocycles. The summed E-state index contributed by atoms with van der Waals surface area (Å²) in [5.74, 6) is -1.22. The molecule has 0 saturated carbocycles. The molecule has 7 nitrogen and oxygen atoms in total. The van der Waals surface area contributed by atoms with E-state index in [0.29, 0.717) is 16.6 Å². The Morgan fingerprint density at radius 2 is 1.90 bits per heavy atom. The van der Waals surface area contributed by atoms with Crippen LogP contribution in [0.1, 0.15) is 23.8 Å². The highest BCUT2D eigenvalue weighted by Crippen LogP contribution is 2.42. The Bertz CT molecular complexity index is 1180. The first kappa shape index (κ1) is 20.6. The summed E-state index contributed by atoms with van der Waals surface area (Å²) in [4.78, 5) is 12.5. The van der Waals surface area contributed by atoms with E-state index in [1.165, 1.54) is 11.1 Å². The van der Waals surface area contributed by atoms with Crippen molar-refractivity contribution < 1.29 is 27.8 Å². The first-order valence-corrected chi connectivity index (χ1v) is 11.1. The molecule has 1 fully saturated rings. The van der Waals surface area contributed by atoms with Crippen LogP contribution >= 0.6 is 0 Å². The average Bonchev–Trinajstić information content (AvgIpc) is 3.35. The Kier molecular flexibility index (Phi) is 5.40. The lowest BCUT2D eigenvalue weighted by Gasteiger charge is -2.20. The average molecular weight is 429 g/mol. The minimum absolute atomic E-state index is 0.141. The number of hydrogen-bond acceptors (Lipinski definition) is 6. The molecular formula is C22H23NO6S. The monoisotopic (exact) mass is 429 g/mol. The lowest BCUT2D eigenvalue weighted by Crippen LogP contribution is -2.24. The van der Waals surface area contributed by atoms with Gasteiger partial charge in [-0.3, -0.25) is 4.79 Å². The van der Waals surface area contributed by atoms with Crippen LogP contribution in [-0.4, -0.2) is 43.3 Å². The maximum atomic E-state index is 13.6. The number of aliphatic hydroxyl groups excluding tert-OH is 1. The third-order valence-corrected chi connectivity index (χ3v) is 7.23. The normalized spacial score (nSPS) is 21.8. The molecule has 1 aliphatic heterocycles. The zero-order chi connectivity index (χ0) is 21.5. The van der Waals surface area contributed by atoms with Gasteiger partial charge in [-0.05, 0) is 37.6 Å². The highest BCUT2D eigenvalue weighted by molar-refractivity contribution is 7.90. The van der Waals surface area contributed by atoms with E-state index in [9.17, 15) is 18.3 Å². The predicted octanol–water partition coefficient (Wildman–Crippen LogP) is 2.80. The van der Waals surface area contributed by atoms with E-state index in [1.807, 2.05) is 19.1 Å². The van der Waals surface area contributed by atoms with Gasteiger partial charge in [-0.15, -0.1) is 0 Å². The molecule has 0 unspecified atom stereocenters. The number of aromatic nitrogens is 1. The second-order valence-corrected chi connectivity index (χ2v) is 9.22. The van der Waals surface area contributed by atoms with Crippen molar-refractivity contribution in [2.24, 2.45) is 5.92 Å². The van der Waals surface area contributed by atoms with Gasteiger partial charge in [0.2, 0.25) is 0 Å². The minimum atomic E-state index is -3.97. The number of methoxy groups -OCH3 is 1. The van der Waals surface area contributed by atoms with Crippen molar-refractivity contribution in [3.8, 4) is 0 Å². The number of rotatable bonds is 5. The first-order chi connectivity index (χ1) is 14.4. The summed E-state index contributed by atoms with van der Waals surface area (Å²) in [5, 5.41) is 10.3. The van der Waals surface area contributed by atoms with Gasteiger partial charge in [0.1, 0.15) is 6.10 Å². The maximum Gasteiger partial charge on any atom is 0.311 e. The maximum absolute atomic E-state index is 13.6. The summed E-state index contributed by atoms with van der Waals surface area (Å²) in [6.45, 7) is 1.62. The predicted molar refractivity (Wildman–Crippen MR) is 111 cm³/mol. The van der Waals surface area contributed by atoms with Gasteiger partial charge in [-0.25, -0.2) is 12.4 Å². The van der Waals surface area contributed by atoms with Crippen molar-refractivity contribution in [1.82, 2.24) is 3.97 Å². The van der Waals surface area contributed by atoms with E-state index in [1.54, 1.807) is 42.5 Å². The number of ether oxygens (including phenoxy) is 2. The van der Waals surface area contributed by atoms with Crippen molar-refractivity contribution in [3.05, 3.63) is 65.9 Å². The second kappa shape index (κ2) is 7.86. The van der Waals surface area contributed by atoms with Crippen LogP contribution in [0.5, 0.6) is 0 Å². The molecule has 1 saturated heterocycles. The van der Waals surface area contributed by atoms with Crippen LogP contribution in [0.3, 0.4) is 0 Å². The largest absolute Gasteiger partial charge is 0.469 e. The number of aryl methyl sites for hydroxylation is 1. The molecular weight excluding hydrogens is 406 g/mol. The molecule has 8 heteroatoms. The number of benzene rings is 2. The van der Waals surface area contributed by atoms with Crippen molar-refractivity contribution in [3.63, 3.8) is 0 Å². The molecule has 1 N–H and O–H groups in total. The lowest BCUT2D eigenvalue weighted by molar-refractivity contribution is -0.147. The lowest BCUT2D eigenvalue weighted by atomic mass is 9.97. The quantitative estimate of drug-likeness (QED) is 0.627. The molecule has 1 aromatic heterocycles. The standard InChI is InChI=1S/C22H23NO6S/c1-14-7-9-17(10-8-14)30(26,27)23-19-6-4-3-5-15(19)11-20(23)21-18(22(25)28-2)12-16(13-24)29-21/h3-11,16,18,21,24H,12-13H2,1-2H3/t16-,18+,21+/m1/s1. The highest BCUT2D eigenvalue weighted by Gasteiger charge is 2.44. The van der Waals surface area contributed by atoms with Crippen molar-refractivity contribution in [2.75, 3.05) is 13.7 Å². The number of aliphatic hydroxyl groups is 1. The fourth-order valence-corrected chi connectivity index (χ4v) is 5.51. The Balaban J connectivity index is 1.93. The zero-order valence-electron chi connectivity index (χ0n) is 16.7. The van der Waals surface area contributed by atoms with E-state index in [2.05, 4.69) is 0 Å². The number of carbonyl (C=O) groups is 1. The number of nitrogens with zero attached hydrogens (tertiary/aromatic N) is 1. The third-order valence-electron chi connectivity index (χ3n) is 5.47. The molecule has 1 aliphatic rings. The van der Waals surface area contributed by atoms with E-state index >= 15 is 0 Å². The Morgan fingerprint density at radius 3 is 2.57 bits per heavy atom. The number of carbonyl (C=O) groups excluding carboxylic acids is 1. The van der Waals surface area contributed by atoms with Gasteiger partial charge in [0.05, 0.1) is 41.8 Å². The molecule has 3 aromatic rings. The van der Waals surface area contributed by atoms with Gasteiger partial charge < -0.3 is 14.6 Å². The SMILES string of the molecule is COC(=O)[C@H]1C[C@H](CO)O[C@@H]1c1cc2ccccc2n1S(=O)(=O)c1ccc(C)cc1. The fraction of sp³-hybridized carbons (Fsp3) is 0.318. The topological polar surface area (TPSA) is 94.8 Å². The Morgan fingerprint density at radius 1 is 1.20 bits per heavy atom. The van der Waals surface area contributed by atoms with E-state index in [4.69, 9.17) is 9.47 Å². The van der Waals surface area contributed by atoms with E-state index in [-0.39, 0.29) is 17.9 Å². The van der Waals surface area contributed by atoms with Gasteiger partial charge in [0.15, 0.2) is 0 Å². The summed E-state index contributed by atoms with van der Waals surface area (Å²) in [5.41, 5.74) is 1.78. The molecule has 2 aromatic carbocycles. The molecule has 0 bridgehead atoms.